The van der Waals surface area contributed by atoms with Crippen molar-refractivity contribution in [2.75, 3.05) is 13.1 Å². The average molecular weight is 350 g/mol. The summed E-state index contributed by atoms with van der Waals surface area (Å²) in [5.74, 6) is 0. The third-order valence-corrected chi connectivity index (χ3v) is 4.66. The Morgan fingerprint density at radius 3 is 2.08 bits per heavy atom. The molecule has 2 aromatic rings. The summed E-state index contributed by atoms with van der Waals surface area (Å²) in [7, 11) is 0. The van der Waals surface area contributed by atoms with Crippen molar-refractivity contribution >= 4 is 6.08 Å². The molecule has 3 rings (SSSR count). The van der Waals surface area contributed by atoms with Gasteiger partial charge in [0.05, 0.1) is 30.3 Å². The van der Waals surface area contributed by atoms with Gasteiger partial charge in [-0.25, -0.2) is 9.79 Å². The molecule has 26 heavy (non-hydrogen) atoms. The molecule has 4 heteroatoms. The molecule has 0 aliphatic carbocycles. The van der Waals surface area contributed by atoms with Crippen molar-refractivity contribution in [1.82, 2.24) is 4.90 Å². The van der Waals surface area contributed by atoms with Crippen LogP contribution in [0.5, 0.6) is 0 Å². The van der Waals surface area contributed by atoms with Crippen LogP contribution in [-0.4, -0.2) is 41.8 Å². The number of carbonyl (C=O) groups excluding carboxylic acids is 1. The van der Waals surface area contributed by atoms with E-state index in [4.69, 9.17) is 4.74 Å². The zero-order chi connectivity index (χ0) is 18.6. The van der Waals surface area contributed by atoms with Crippen LogP contribution in [0.3, 0.4) is 0 Å². The number of isocyanates is 1. The lowest BCUT2D eigenvalue weighted by Crippen LogP contribution is -2.64. The van der Waals surface area contributed by atoms with Gasteiger partial charge in [-0.2, -0.15) is 0 Å². The van der Waals surface area contributed by atoms with Crippen molar-refractivity contribution in [3.8, 4) is 0 Å². The summed E-state index contributed by atoms with van der Waals surface area (Å²) in [4.78, 5) is 17.0. The zero-order valence-electron chi connectivity index (χ0n) is 15.6. The monoisotopic (exact) mass is 350 g/mol. The largest absolute Gasteiger partial charge is 0.370 e. The number of likely N-dealkylation sites (tertiary alicyclic amines) is 1. The van der Waals surface area contributed by atoms with Crippen LogP contribution in [0.2, 0.25) is 0 Å². The third-order valence-electron chi connectivity index (χ3n) is 4.66. The van der Waals surface area contributed by atoms with Crippen LogP contribution in [0.1, 0.15) is 37.9 Å². The van der Waals surface area contributed by atoms with Crippen molar-refractivity contribution in [3.05, 3.63) is 71.8 Å². The van der Waals surface area contributed by atoms with Crippen LogP contribution in [0.25, 0.3) is 0 Å². The molecule has 1 aliphatic rings. The van der Waals surface area contributed by atoms with E-state index in [1.165, 1.54) is 11.1 Å². The van der Waals surface area contributed by atoms with E-state index >= 15 is 0 Å². The van der Waals surface area contributed by atoms with Crippen LogP contribution in [0.15, 0.2) is 65.7 Å². The molecule has 1 saturated heterocycles. The summed E-state index contributed by atoms with van der Waals surface area (Å²) in [6, 6.07) is 21.1. The molecule has 0 bridgehead atoms. The molecule has 1 fully saturated rings. The maximum atomic E-state index is 10.7. The van der Waals surface area contributed by atoms with Crippen LogP contribution >= 0.6 is 0 Å². The Labute approximate surface area is 155 Å². The van der Waals surface area contributed by atoms with Gasteiger partial charge in [0.15, 0.2) is 0 Å². The van der Waals surface area contributed by atoms with Crippen molar-refractivity contribution < 1.29 is 9.53 Å². The third kappa shape index (κ3) is 4.28. The smallest absolute Gasteiger partial charge is 0.234 e. The summed E-state index contributed by atoms with van der Waals surface area (Å²) in [6.45, 7) is 7.38. The minimum absolute atomic E-state index is 0.0566. The highest BCUT2D eigenvalue weighted by atomic mass is 16.5. The Morgan fingerprint density at radius 1 is 1.08 bits per heavy atom. The minimum Gasteiger partial charge on any atom is -0.370 e. The number of aliphatic imine (C=N–C) groups is 1. The quantitative estimate of drug-likeness (QED) is 0.584. The molecule has 0 radical (unpaired) electrons. The Balaban J connectivity index is 1.91. The van der Waals surface area contributed by atoms with Crippen LogP contribution in [0, 0.1) is 0 Å². The van der Waals surface area contributed by atoms with Crippen molar-refractivity contribution in [2.24, 2.45) is 4.99 Å². The van der Waals surface area contributed by atoms with Crippen molar-refractivity contribution in [1.29, 1.82) is 0 Å². The lowest BCUT2D eigenvalue weighted by atomic mass is 9.88. The second kappa shape index (κ2) is 7.96. The fourth-order valence-electron chi connectivity index (χ4n) is 3.61. The molecule has 0 spiro atoms. The Kier molecular flexibility index (Phi) is 5.67. The highest BCUT2D eigenvalue weighted by Gasteiger charge is 2.45. The Morgan fingerprint density at radius 2 is 1.62 bits per heavy atom. The summed E-state index contributed by atoms with van der Waals surface area (Å²) in [5, 5.41) is 0. The minimum atomic E-state index is -0.227. The highest BCUT2D eigenvalue weighted by molar-refractivity contribution is 5.35. The number of rotatable bonds is 6. The average Bonchev–Trinajstić information content (AvgIpc) is 2.62. The normalized spacial score (nSPS) is 20.5. The van der Waals surface area contributed by atoms with E-state index < -0.39 is 0 Å². The maximum absolute atomic E-state index is 10.7. The molecule has 0 amide bonds. The lowest BCUT2D eigenvalue weighted by molar-refractivity contribution is -0.164. The molecule has 0 saturated carbocycles. The van der Waals surface area contributed by atoms with Crippen molar-refractivity contribution in [3.63, 3.8) is 0 Å². The number of hydrogen-bond donors (Lipinski definition) is 0. The molecule has 2 atom stereocenters. The van der Waals surface area contributed by atoms with Crippen LogP contribution < -0.4 is 0 Å². The van der Waals surface area contributed by atoms with Gasteiger partial charge in [0.2, 0.25) is 6.08 Å². The zero-order valence-corrected chi connectivity index (χ0v) is 15.6. The van der Waals surface area contributed by atoms with Gasteiger partial charge in [-0.15, -0.1) is 0 Å². The van der Waals surface area contributed by atoms with E-state index in [2.05, 4.69) is 79.2 Å². The molecular weight excluding hydrogens is 324 g/mol. The first kappa shape index (κ1) is 18.5. The molecule has 0 aromatic heterocycles. The molecule has 0 N–H and O–H groups in total. The van der Waals surface area contributed by atoms with Crippen LogP contribution in [-0.2, 0) is 9.53 Å². The second-order valence-corrected chi connectivity index (χ2v) is 7.69. The van der Waals surface area contributed by atoms with E-state index in [1.807, 2.05) is 12.1 Å². The molecule has 2 aromatic carbocycles. The molecule has 136 valence electrons. The first-order valence-corrected chi connectivity index (χ1v) is 9.06. The summed E-state index contributed by atoms with van der Waals surface area (Å²) >= 11 is 0. The molecule has 1 heterocycles. The molecular formula is C22H26N2O2. The Hall–Kier alpha value is -2.26. The predicted octanol–water partition coefficient (Wildman–Crippen LogP) is 3.98. The van der Waals surface area contributed by atoms with E-state index in [1.54, 1.807) is 6.08 Å². The fourth-order valence-corrected chi connectivity index (χ4v) is 3.61. The lowest BCUT2D eigenvalue weighted by Gasteiger charge is -2.52. The predicted molar refractivity (Wildman–Crippen MR) is 103 cm³/mol. The van der Waals surface area contributed by atoms with Gasteiger partial charge < -0.3 is 4.74 Å². The van der Waals surface area contributed by atoms with Crippen LogP contribution in [0.4, 0.5) is 0 Å². The van der Waals surface area contributed by atoms with Gasteiger partial charge in [0.1, 0.15) is 0 Å². The Bertz CT molecular complexity index is 709. The number of ether oxygens (including phenoxy) is 1. The van der Waals surface area contributed by atoms with E-state index in [-0.39, 0.29) is 23.8 Å². The SMILES string of the molecule is CC(C)(C)OC1CN(C(c2ccccc2)c2ccccc2)C1CN=C=O. The van der Waals surface area contributed by atoms with Gasteiger partial charge in [-0.1, -0.05) is 60.7 Å². The fraction of sp³-hybridized carbons (Fsp3) is 0.409. The van der Waals surface area contributed by atoms with Gasteiger partial charge >= 0.3 is 0 Å². The second-order valence-electron chi connectivity index (χ2n) is 7.69. The van der Waals surface area contributed by atoms with E-state index in [0.717, 1.165) is 6.54 Å². The summed E-state index contributed by atoms with van der Waals surface area (Å²) < 4.78 is 6.20. The van der Waals surface area contributed by atoms with Crippen molar-refractivity contribution in [2.45, 2.75) is 44.6 Å². The standard InChI is InChI=1S/C22H26N2O2/c1-22(2,3)26-20-15-24(19(20)14-23-16-25)21(17-10-6-4-7-11-17)18-12-8-5-9-13-18/h4-13,19-21H,14-15H2,1-3H3. The summed E-state index contributed by atoms with van der Waals surface area (Å²) in [6.07, 6.45) is 1.74. The van der Waals surface area contributed by atoms with Gasteiger partial charge in [0, 0.05) is 6.54 Å². The van der Waals surface area contributed by atoms with E-state index in [0.29, 0.717) is 6.54 Å². The molecule has 4 nitrogen and oxygen atoms in total. The summed E-state index contributed by atoms with van der Waals surface area (Å²) in [5.41, 5.74) is 2.23. The number of nitrogens with zero attached hydrogens (tertiary/aromatic N) is 2. The van der Waals surface area contributed by atoms with E-state index in [9.17, 15) is 4.79 Å². The first-order valence-electron chi connectivity index (χ1n) is 9.06. The number of benzene rings is 2. The topological polar surface area (TPSA) is 41.9 Å². The molecule has 2 unspecified atom stereocenters. The maximum Gasteiger partial charge on any atom is 0.234 e. The molecule has 1 aliphatic heterocycles. The first-order chi connectivity index (χ1) is 12.5. The van der Waals surface area contributed by atoms with Gasteiger partial charge in [-0.3, -0.25) is 4.90 Å². The highest BCUT2D eigenvalue weighted by Crippen LogP contribution is 2.38. The van der Waals surface area contributed by atoms with Gasteiger partial charge in [-0.05, 0) is 31.9 Å². The van der Waals surface area contributed by atoms with Gasteiger partial charge in [0.25, 0.3) is 0 Å². The number of hydrogen-bond acceptors (Lipinski definition) is 4.